The van der Waals surface area contributed by atoms with Gasteiger partial charge in [0.25, 0.3) is 0 Å². The van der Waals surface area contributed by atoms with Crippen molar-refractivity contribution >= 4 is 5.91 Å². The fraction of sp³-hybridized carbons (Fsp3) is 0.562. The molecule has 2 heteroatoms. The number of carbonyl (C=O) groups excluding carboxylic acids is 1. The van der Waals surface area contributed by atoms with E-state index in [4.69, 9.17) is 0 Å². The van der Waals surface area contributed by atoms with E-state index in [0.717, 1.165) is 25.8 Å². The minimum Gasteiger partial charge on any atom is -0.339 e. The summed E-state index contributed by atoms with van der Waals surface area (Å²) in [6.45, 7) is 5.13. The van der Waals surface area contributed by atoms with Crippen LogP contribution in [0.1, 0.15) is 51.0 Å². The van der Waals surface area contributed by atoms with Crippen molar-refractivity contribution in [2.45, 2.75) is 51.5 Å². The van der Waals surface area contributed by atoms with Crippen LogP contribution < -0.4 is 0 Å². The van der Waals surface area contributed by atoms with Crippen LogP contribution in [0.3, 0.4) is 0 Å². The molecule has 1 aromatic carbocycles. The van der Waals surface area contributed by atoms with Crippen LogP contribution in [0.25, 0.3) is 0 Å². The number of hydrogen-bond donors (Lipinski definition) is 0. The average molecular weight is 245 g/mol. The van der Waals surface area contributed by atoms with Crippen LogP contribution in [0.2, 0.25) is 0 Å². The van der Waals surface area contributed by atoms with E-state index in [2.05, 4.69) is 42.2 Å². The molecule has 1 aliphatic heterocycles. The Balaban J connectivity index is 2.19. The lowest BCUT2D eigenvalue weighted by atomic mass is 9.87. The number of carbonyl (C=O) groups is 1. The second-order valence-corrected chi connectivity index (χ2v) is 5.08. The molecule has 1 heterocycles. The quantitative estimate of drug-likeness (QED) is 0.794. The lowest BCUT2D eigenvalue weighted by Crippen LogP contribution is -2.38. The van der Waals surface area contributed by atoms with Gasteiger partial charge in [-0.3, -0.25) is 4.79 Å². The van der Waals surface area contributed by atoms with Crippen LogP contribution in [0.4, 0.5) is 0 Å². The van der Waals surface area contributed by atoms with E-state index < -0.39 is 0 Å². The van der Waals surface area contributed by atoms with Crippen LogP contribution in [-0.4, -0.2) is 23.4 Å². The van der Waals surface area contributed by atoms with E-state index in [-0.39, 0.29) is 0 Å². The van der Waals surface area contributed by atoms with Crippen molar-refractivity contribution in [1.29, 1.82) is 0 Å². The van der Waals surface area contributed by atoms with Crippen molar-refractivity contribution in [3.05, 3.63) is 35.9 Å². The van der Waals surface area contributed by atoms with E-state index in [1.54, 1.807) is 0 Å². The Bertz CT molecular complexity index is 387. The first-order valence-corrected chi connectivity index (χ1v) is 7.12. The highest BCUT2D eigenvalue weighted by Crippen LogP contribution is 2.33. The first kappa shape index (κ1) is 13.1. The zero-order chi connectivity index (χ0) is 13.0. The normalized spacial score (nSPS) is 21.0. The number of benzene rings is 1. The van der Waals surface area contributed by atoms with Gasteiger partial charge in [-0.05, 0) is 24.8 Å². The lowest BCUT2D eigenvalue weighted by Gasteiger charge is -2.31. The van der Waals surface area contributed by atoms with Gasteiger partial charge in [-0.25, -0.2) is 0 Å². The summed E-state index contributed by atoms with van der Waals surface area (Å²) in [7, 11) is 0. The third kappa shape index (κ3) is 2.58. The largest absolute Gasteiger partial charge is 0.339 e. The zero-order valence-electron chi connectivity index (χ0n) is 11.4. The van der Waals surface area contributed by atoms with E-state index in [1.165, 1.54) is 5.56 Å². The molecule has 98 valence electrons. The predicted octanol–water partition coefficient (Wildman–Crippen LogP) is 3.58. The Morgan fingerprint density at radius 1 is 1.33 bits per heavy atom. The third-order valence-electron chi connectivity index (χ3n) is 4.05. The van der Waals surface area contributed by atoms with Gasteiger partial charge in [0.05, 0.1) is 0 Å². The fourth-order valence-electron chi connectivity index (χ4n) is 3.15. The Morgan fingerprint density at radius 3 is 2.67 bits per heavy atom. The number of nitrogens with zero attached hydrogens (tertiary/aromatic N) is 1. The molecule has 2 nitrogen and oxygen atoms in total. The molecule has 18 heavy (non-hydrogen) atoms. The predicted molar refractivity (Wildman–Crippen MR) is 74.5 cm³/mol. The minimum absolute atomic E-state index is 0.312. The standard InChI is InChI=1S/C16H23NO/c1-3-14(13-9-6-5-7-10-13)15-11-8-12-17(15)16(18)4-2/h5-7,9-10,14-15H,3-4,8,11-12H2,1-2H3. The maximum Gasteiger partial charge on any atom is 0.222 e. The fourth-order valence-corrected chi connectivity index (χ4v) is 3.15. The van der Waals surface area contributed by atoms with Gasteiger partial charge in [-0.1, -0.05) is 44.2 Å². The summed E-state index contributed by atoms with van der Waals surface area (Å²) in [5, 5.41) is 0. The molecule has 1 fully saturated rings. The molecule has 0 N–H and O–H groups in total. The summed E-state index contributed by atoms with van der Waals surface area (Å²) in [6.07, 6.45) is 4.03. The maximum absolute atomic E-state index is 12.0. The van der Waals surface area contributed by atoms with Gasteiger partial charge in [0.15, 0.2) is 0 Å². The van der Waals surface area contributed by atoms with E-state index in [1.807, 2.05) is 6.92 Å². The van der Waals surface area contributed by atoms with Crippen molar-refractivity contribution in [1.82, 2.24) is 4.90 Å². The highest BCUT2D eigenvalue weighted by molar-refractivity contribution is 5.76. The average Bonchev–Trinajstić information content (AvgIpc) is 2.89. The summed E-state index contributed by atoms with van der Waals surface area (Å²) in [4.78, 5) is 14.1. The molecule has 2 rings (SSSR count). The SMILES string of the molecule is CCC(=O)N1CCCC1C(CC)c1ccccc1. The number of rotatable bonds is 4. The van der Waals surface area contributed by atoms with Gasteiger partial charge >= 0.3 is 0 Å². The monoisotopic (exact) mass is 245 g/mol. The van der Waals surface area contributed by atoms with Gasteiger partial charge in [-0.2, -0.15) is 0 Å². The molecule has 0 saturated carbocycles. The summed E-state index contributed by atoms with van der Waals surface area (Å²) in [6, 6.07) is 11.0. The molecule has 1 amide bonds. The van der Waals surface area contributed by atoms with E-state index in [9.17, 15) is 4.79 Å². The molecule has 1 aromatic rings. The van der Waals surface area contributed by atoms with Gasteiger partial charge in [-0.15, -0.1) is 0 Å². The highest BCUT2D eigenvalue weighted by atomic mass is 16.2. The van der Waals surface area contributed by atoms with Gasteiger partial charge in [0.1, 0.15) is 0 Å². The molecule has 0 radical (unpaired) electrons. The zero-order valence-corrected chi connectivity index (χ0v) is 11.4. The van der Waals surface area contributed by atoms with Crippen molar-refractivity contribution < 1.29 is 4.79 Å². The van der Waals surface area contributed by atoms with Gasteiger partial charge in [0, 0.05) is 24.9 Å². The molecular weight excluding hydrogens is 222 g/mol. The smallest absolute Gasteiger partial charge is 0.222 e. The van der Waals surface area contributed by atoms with Crippen LogP contribution in [0, 0.1) is 0 Å². The second kappa shape index (κ2) is 6.03. The Hall–Kier alpha value is -1.31. The van der Waals surface area contributed by atoms with Crippen molar-refractivity contribution in [2.75, 3.05) is 6.54 Å². The number of likely N-dealkylation sites (tertiary alicyclic amines) is 1. The van der Waals surface area contributed by atoms with Crippen LogP contribution >= 0.6 is 0 Å². The lowest BCUT2D eigenvalue weighted by molar-refractivity contribution is -0.132. The first-order chi connectivity index (χ1) is 8.77. The molecule has 0 aromatic heterocycles. The molecule has 0 aliphatic carbocycles. The second-order valence-electron chi connectivity index (χ2n) is 5.08. The number of amides is 1. The number of hydrogen-bond acceptors (Lipinski definition) is 1. The van der Waals surface area contributed by atoms with Crippen molar-refractivity contribution in [2.24, 2.45) is 0 Å². The van der Waals surface area contributed by atoms with Crippen molar-refractivity contribution in [3.8, 4) is 0 Å². The topological polar surface area (TPSA) is 20.3 Å². The molecule has 2 unspecified atom stereocenters. The minimum atomic E-state index is 0.312. The van der Waals surface area contributed by atoms with Crippen molar-refractivity contribution in [3.63, 3.8) is 0 Å². The van der Waals surface area contributed by atoms with Crippen LogP contribution in [0.5, 0.6) is 0 Å². The molecule has 0 bridgehead atoms. The molecule has 1 saturated heterocycles. The third-order valence-corrected chi connectivity index (χ3v) is 4.05. The van der Waals surface area contributed by atoms with Gasteiger partial charge in [0.2, 0.25) is 5.91 Å². The Labute approximate surface area is 110 Å². The summed E-state index contributed by atoms with van der Waals surface area (Å²) in [5.41, 5.74) is 1.38. The van der Waals surface area contributed by atoms with E-state index in [0.29, 0.717) is 24.3 Å². The van der Waals surface area contributed by atoms with E-state index >= 15 is 0 Å². The van der Waals surface area contributed by atoms with Crippen LogP contribution in [0.15, 0.2) is 30.3 Å². The molecule has 2 atom stereocenters. The molecule has 1 aliphatic rings. The Kier molecular flexibility index (Phi) is 4.40. The summed E-state index contributed by atoms with van der Waals surface area (Å²) in [5.74, 6) is 0.802. The summed E-state index contributed by atoms with van der Waals surface area (Å²) >= 11 is 0. The van der Waals surface area contributed by atoms with Gasteiger partial charge < -0.3 is 4.90 Å². The summed E-state index contributed by atoms with van der Waals surface area (Å²) < 4.78 is 0. The molecule has 0 spiro atoms. The highest BCUT2D eigenvalue weighted by Gasteiger charge is 2.33. The first-order valence-electron chi connectivity index (χ1n) is 7.12. The maximum atomic E-state index is 12.0. The van der Waals surface area contributed by atoms with Crippen LogP contribution in [-0.2, 0) is 4.79 Å². The Morgan fingerprint density at radius 2 is 2.06 bits per heavy atom. The molecular formula is C16H23NO.